The Morgan fingerprint density at radius 1 is 1.10 bits per heavy atom. The first-order chi connectivity index (χ1) is 9.22. The first kappa shape index (κ1) is 16.1. The Kier molecular flexibility index (Phi) is 5.24. The van der Waals surface area contributed by atoms with Crippen LogP contribution in [-0.2, 0) is 16.6 Å². The number of nitrogens with zero attached hydrogens (tertiary/aromatic N) is 2. The molecule has 0 saturated carbocycles. The van der Waals surface area contributed by atoms with Crippen molar-refractivity contribution in [2.75, 3.05) is 7.05 Å². The summed E-state index contributed by atoms with van der Waals surface area (Å²) in [7, 11) is 3.15. The van der Waals surface area contributed by atoms with Gasteiger partial charge in [0.15, 0.2) is 4.77 Å². The molecule has 0 radical (unpaired) electrons. The molecule has 1 aliphatic rings. The summed E-state index contributed by atoms with van der Waals surface area (Å²) in [5.41, 5.74) is 0.428. The Bertz CT molecular complexity index is 671. The van der Waals surface area contributed by atoms with E-state index in [1.807, 2.05) is 0 Å². The average molecular weight is 320 g/mol. The van der Waals surface area contributed by atoms with Crippen molar-refractivity contribution in [1.29, 1.82) is 0 Å². The summed E-state index contributed by atoms with van der Waals surface area (Å²) >= 11 is 8.57. The summed E-state index contributed by atoms with van der Waals surface area (Å²) in [6, 6.07) is 0. The van der Waals surface area contributed by atoms with Crippen LogP contribution in [0.15, 0.2) is 9.59 Å². The van der Waals surface area contributed by atoms with E-state index in [1.165, 1.54) is 9.69 Å². The molecular formula is C8H12N6O4S2. The quantitative estimate of drug-likeness (QED) is 0.203. The second kappa shape index (κ2) is 6.49. The van der Waals surface area contributed by atoms with Crippen molar-refractivity contribution in [1.82, 2.24) is 30.5 Å². The number of hydrazine groups is 1. The molecule has 2 heterocycles. The molecule has 4 N–H and O–H groups in total. The standard InChI is InChI=1S/C4H7N3O2S.C4H5N3O2S/c2*1-7-4(10)5-2(8)3(9)6-7/h4,10H,1H3,(H,5,8)(H,6,9);1H3,(H,6,9)(H,5,8,10). The molecule has 12 heteroatoms. The molecule has 1 atom stereocenters. The van der Waals surface area contributed by atoms with E-state index in [0.717, 1.165) is 0 Å². The van der Waals surface area contributed by atoms with Gasteiger partial charge in [-0.05, 0) is 12.2 Å². The lowest BCUT2D eigenvalue weighted by atomic mass is 10.5. The highest BCUT2D eigenvalue weighted by atomic mass is 32.1. The molecule has 2 rings (SSSR count). The molecule has 10 nitrogen and oxygen atoms in total. The monoisotopic (exact) mass is 320 g/mol. The number of carbonyl (C=O) groups is 2. The van der Waals surface area contributed by atoms with Crippen molar-refractivity contribution in [3.05, 3.63) is 25.5 Å². The highest BCUT2D eigenvalue weighted by Crippen LogP contribution is 1.97. The van der Waals surface area contributed by atoms with Crippen LogP contribution in [0.25, 0.3) is 0 Å². The molecule has 1 saturated heterocycles. The smallest absolute Gasteiger partial charge is 0.322 e. The van der Waals surface area contributed by atoms with Crippen LogP contribution >= 0.6 is 24.8 Å². The maximum absolute atomic E-state index is 10.6. The lowest BCUT2D eigenvalue weighted by Gasteiger charge is -2.28. The van der Waals surface area contributed by atoms with Crippen LogP contribution in [0.2, 0.25) is 0 Å². The van der Waals surface area contributed by atoms with Crippen molar-refractivity contribution < 1.29 is 9.59 Å². The molecule has 110 valence electrons. The first-order valence-electron chi connectivity index (χ1n) is 5.14. The normalized spacial score (nSPS) is 18.6. The number of rotatable bonds is 0. The van der Waals surface area contributed by atoms with Crippen LogP contribution in [0.3, 0.4) is 0 Å². The summed E-state index contributed by atoms with van der Waals surface area (Å²) in [4.78, 5) is 44.3. The molecule has 1 aromatic rings. The van der Waals surface area contributed by atoms with Gasteiger partial charge in [0.1, 0.15) is 5.50 Å². The predicted molar refractivity (Wildman–Crippen MR) is 74.3 cm³/mol. The van der Waals surface area contributed by atoms with Crippen LogP contribution in [0.1, 0.15) is 0 Å². The minimum atomic E-state index is -0.719. The SMILES string of the molecule is CN1NC(=O)C(=O)NC1S.Cn1[nH]c(=O)c(=O)[nH]c1=S. The summed E-state index contributed by atoms with van der Waals surface area (Å²) in [6.07, 6.45) is 0. The fourth-order valence-corrected chi connectivity index (χ4v) is 1.36. The van der Waals surface area contributed by atoms with Gasteiger partial charge in [-0.15, -0.1) is 12.6 Å². The van der Waals surface area contributed by atoms with Gasteiger partial charge in [0.05, 0.1) is 0 Å². The zero-order chi connectivity index (χ0) is 15.4. The third-order valence-corrected chi connectivity index (χ3v) is 2.96. The van der Waals surface area contributed by atoms with Crippen LogP contribution in [0, 0.1) is 4.77 Å². The van der Waals surface area contributed by atoms with E-state index in [9.17, 15) is 19.2 Å². The molecule has 20 heavy (non-hydrogen) atoms. The zero-order valence-electron chi connectivity index (χ0n) is 10.5. The van der Waals surface area contributed by atoms with Gasteiger partial charge < -0.3 is 5.32 Å². The number of aromatic amines is 2. The molecule has 1 aliphatic heterocycles. The van der Waals surface area contributed by atoms with E-state index >= 15 is 0 Å². The Morgan fingerprint density at radius 3 is 2.20 bits per heavy atom. The lowest BCUT2D eigenvalue weighted by molar-refractivity contribution is -0.146. The largest absolute Gasteiger partial charge is 0.328 e. The van der Waals surface area contributed by atoms with E-state index in [1.54, 1.807) is 14.1 Å². The Hall–Kier alpha value is -1.92. The van der Waals surface area contributed by atoms with Crippen molar-refractivity contribution in [3.8, 4) is 0 Å². The number of thiol groups is 1. The number of hydrogen-bond acceptors (Lipinski definition) is 7. The number of hydrogen-bond donors (Lipinski definition) is 5. The van der Waals surface area contributed by atoms with Crippen molar-refractivity contribution in [3.63, 3.8) is 0 Å². The number of aromatic nitrogens is 3. The minimum Gasteiger partial charge on any atom is -0.322 e. The second-order valence-corrected chi connectivity index (χ2v) is 4.53. The second-order valence-electron chi connectivity index (χ2n) is 3.66. The first-order valence-corrected chi connectivity index (χ1v) is 6.07. The summed E-state index contributed by atoms with van der Waals surface area (Å²) in [5, 5.41) is 5.93. The van der Waals surface area contributed by atoms with Crippen molar-refractivity contribution in [2.45, 2.75) is 5.50 Å². The van der Waals surface area contributed by atoms with Gasteiger partial charge in [-0.25, -0.2) is 0 Å². The van der Waals surface area contributed by atoms with Gasteiger partial charge in [0, 0.05) is 14.1 Å². The molecule has 0 aliphatic carbocycles. The third-order valence-electron chi connectivity index (χ3n) is 2.11. The highest BCUT2D eigenvalue weighted by Gasteiger charge is 2.26. The Morgan fingerprint density at radius 2 is 1.70 bits per heavy atom. The van der Waals surface area contributed by atoms with Crippen LogP contribution in [0.4, 0.5) is 0 Å². The molecule has 1 fully saturated rings. The molecule has 1 aromatic heterocycles. The zero-order valence-corrected chi connectivity index (χ0v) is 12.2. The molecule has 2 amide bonds. The topological polar surface area (TPSA) is 132 Å². The van der Waals surface area contributed by atoms with Crippen molar-refractivity contribution in [2.24, 2.45) is 7.05 Å². The van der Waals surface area contributed by atoms with Gasteiger partial charge in [0.25, 0.3) is 0 Å². The van der Waals surface area contributed by atoms with Gasteiger partial charge in [-0.3, -0.25) is 39.4 Å². The number of H-pyrrole nitrogens is 2. The Labute approximate surface area is 122 Å². The van der Waals surface area contributed by atoms with E-state index in [0.29, 0.717) is 0 Å². The Balaban J connectivity index is 0.000000200. The van der Waals surface area contributed by atoms with Gasteiger partial charge in [-0.1, -0.05) is 0 Å². The molecular weight excluding hydrogens is 308 g/mol. The van der Waals surface area contributed by atoms with E-state index < -0.39 is 28.4 Å². The number of amides is 2. The molecule has 0 bridgehead atoms. The third kappa shape index (κ3) is 4.04. The van der Waals surface area contributed by atoms with Gasteiger partial charge >= 0.3 is 22.9 Å². The van der Waals surface area contributed by atoms with Crippen molar-refractivity contribution >= 4 is 36.7 Å². The molecule has 1 unspecified atom stereocenters. The van der Waals surface area contributed by atoms with Crippen LogP contribution < -0.4 is 21.9 Å². The highest BCUT2D eigenvalue weighted by molar-refractivity contribution is 7.80. The summed E-state index contributed by atoms with van der Waals surface area (Å²) in [6.45, 7) is 0. The summed E-state index contributed by atoms with van der Waals surface area (Å²) < 4.78 is 1.46. The van der Waals surface area contributed by atoms with E-state index in [4.69, 9.17) is 0 Å². The van der Waals surface area contributed by atoms with E-state index in [2.05, 4.69) is 45.7 Å². The van der Waals surface area contributed by atoms with Crippen LogP contribution in [-0.4, -0.2) is 44.1 Å². The molecule has 0 spiro atoms. The van der Waals surface area contributed by atoms with E-state index in [-0.39, 0.29) is 4.77 Å². The average Bonchev–Trinajstić information content (AvgIpc) is 2.35. The fraction of sp³-hybridized carbons (Fsp3) is 0.375. The number of nitrogens with one attached hydrogen (secondary N) is 4. The predicted octanol–water partition coefficient (Wildman–Crippen LogP) is -2.58. The van der Waals surface area contributed by atoms with Gasteiger partial charge in [-0.2, -0.15) is 5.01 Å². The number of carbonyl (C=O) groups excluding carboxylic acids is 2. The maximum Gasteiger partial charge on any atom is 0.328 e. The maximum atomic E-state index is 10.6. The fourth-order valence-electron chi connectivity index (χ4n) is 1.04. The van der Waals surface area contributed by atoms with Crippen LogP contribution in [0.5, 0.6) is 0 Å². The number of aryl methyl sites for hydroxylation is 1. The summed E-state index contributed by atoms with van der Waals surface area (Å²) in [5.74, 6) is -1.31. The van der Waals surface area contributed by atoms with Gasteiger partial charge in [0.2, 0.25) is 0 Å². The molecule has 0 aromatic carbocycles. The lowest BCUT2D eigenvalue weighted by Crippen LogP contribution is -2.61. The minimum absolute atomic E-state index is 0.199.